The Kier molecular flexibility index (Phi) is 3.58. The Morgan fingerprint density at radius 1 is 1.46 bits per heavy atom. The van der Waals surface area contributed by atoms with Crippen LogP contribution in [-0.4, -0.2) is 13.2 Å². The molecule has 1 aromatic carbocycles. The molecule has 0 atom stereocenters. The number of hydrogen-bond donors (Lipinski definition) is 1. The molecule has 0 saturated carbocycles. The molecule has 0 unspecified atom stereocenters. The number of hydrogen-bond acceptors (Lipinski definition) is 2. The third-order valence-corrected chi connectivity index (χ3v) is 1.79. The van der Waals surface area contributed by atoms with Gasteiger partial charge in [-0.3, -0.25) is 0 Å². The van der Waals surface area contributed by atoms with Gasteiger partial charge in [-0.2, -0.15) is 0 Å². The van der Waals surface area contributed by atoms with Gasteiger partial charge < -0.3 is 10.1 Å². The number of benzene rings is 1. The molecule has 70 valence electrons. The predicted octanol–water partition coefficient (Wildman–Crippen LogP) is 2.20. The van der Waals surface area contributed by atoms with E-state index in [0.29, 0.717) is 11.6 Å². The van der Waals surface area contributed by atoms with E-state index in [2.05, 4.69) is 10.1 Å². The van der Waals surface area contributed by atoms with Gasteiger partial charge in [0.15, 0.2) is 0 Å². The van der Waals surface area contributed by atoms with E-state index in [0.717, 1.165) is 5.56 Å². The molecule has 1 N–H and O–H groups in total. The SMILES string of the molecule is COC(=O)NCc1ccc(Cl)cc1. The molecule has 3 nitrogen and oxygen atoms in total. The highest BCUT2D eigenvalue weighted by Crippen LogP contribution is 2.08. The second kappa shape index (κ2) is 4.72. The molecule has 0 aliphatic heterocycles. The minimum Gasteiger partial charge on any atom is -0.453 e. The van der Waals surface area contributed by atoms with Gasteiger partial charge in [0, 0.05) is 11.6 Å². The van der Waals surface area contributed by atoms with Gasteiger partial charge in [-0.1, -0.05) is 23.7 Å². The highest BCUT2D eigenvalue weighted by molar-refractivity contribution is 6.30. The Balaban J connectivity index is 2.46. The summed E-state index contributed by atoms with van der Waals surface area (Å²) in [4.78, 5) is 10.7. The highest BCUT2D eigenvalue weighted by Gasteiger charge is 1.97. The highest BCUT2D eigenvalue weighted by atomic mass is 35.5. The van der Waals surface area contributed by atoms with Crippen molar-refractivity contribution in [3.8, 4) is 0 Å². The van der Waals surface area contributed by atoms with Crippen LogP contribution < -0.4 is 5.32 Å². The molecule has 0 aliphatic carbocycles. The van der Waals surface area contributed by atoms with Crippen LogP contribution in [0.2, 0.25) is 5.02 Å². The molecule has 0 spiro atoms. The zero-order valence-electron chi connectivity index (χ0n) is 7.21. The van der Waals surface area contributed by atoms with Crippen molar-refractivity contribution in [1.82, 2.24) is 5.32 Å². The number of alkyl carbamates (subject to hydrolysis) is 1. The van der Waals surface area contributed by atoms with Gasteiger partial charge in [-0.15, -0.1) is 0 Å². The Morgan fingerprint density at radius 2 is 2.08 bits per heavy atom. The third kappa shape index (κ3) is 3.34. The number of carbonyl (C=O) groups is 1. The van der Waals surface area contributed by atoms with Crippen LogP contribution in [0.3, 0.4) is 0 Å². The Morgan fingerprint density at radius 3 is 2.62 bits per heavy atom. The van der Waals surface area contributed by atoms with E-state index >= 15 is 0 Å². The summed E-state index contributed by atoms with van der Waals surface area (Å²) in [5.74, 6) is 0. The monoisotopic (exact) mass is 199 g/mol. The van der Waals surface area contributed by atoms with E-state index in [4.69, 9.17) is 11.6 Å². The van der Waals surface area contributed by atoms with Gasteiger partial charge in [-0.05, 0) is 17.7 Å². The van der Waals surface area contributed by atoms with Crippen LogP contribution in [0.4, 0.5) is 4.79 Å². The minimum atomic E-state index is -0.435. The van der Waals surface area contributed by atoms with E-state index in [1.807, 2.05) is 12.1 Å². The summed E-state index contributed by atoms with van der Waals surface area (Å²) in [5, 5.41) is 3.25. The second-order valence-corrected chi connectivity index (χ2v) is 2.91. The number of ether oxygens (including phenoxy) is 1. The number of carbonyl (C=O) groups excluding carboxylic acids is 1. The van der Waals surface area contributed by atoms with E-state index in [-0.39, 0.29) is 0 Å². The maximum Gasteiger partial charge on any atom is 0.407 e. The maximum absolute atomic E-state index is 10.7. The quantitative estimate of drug-likeness (QED) is 0.793. The third-order valence-electron chi connectivity index (χ3n) is 1.54. The van der Waals surface area contributed by atoms with Crippen molar-refractivity contribution in [3.05, 3.63) is 34.9 Å². The fourth-order valence-electron chi connectivity index (χ4n) is 0.849. The number of methoxy groups -OCH3 is 1. The maximum atomic E-state index is 10.7. The van der Waals surface area contributed by atoms with Gasteiger partial charge in [0.1, 0.15) is 0 Å². The first-order chi connectivity index (χ1) is 6.22. The number of halogens is 1. The molecular weight excluding hydrogens is 190 g/mol. The average Bonchev–Trinajstić information content (AvgIpc) is 2.16. The van der Waals surface area contributed by atoms with Crippen molar-refractivity contribution in [2.24, 2.45) is 0 Å². The fraction of sp³-hybridized carbons (Fsp3) is 0.222. The van der Waals surface area contributed by atoms with Crippen molar-refractivity contribution in [3.63, 3.8) is 0 Å². The minimum absolute atomic E-state index is 0.435. The van der Waals surface area contributed by atoms with E-state index in [1.54, 1.807) is 12.1 Å². The van der Waals surface area contributed by atoms with Gasteiger partial charge in [0.05, 0.1) is 7.11 Å². The molecule has 0 aliphatic rings. The van der Waals surface area contributed by atoms with E-state index < -0.39 is 6.09 Å². The van der Waals surface area contributed by atoms with Crippen molar-refractivity contribution >= 4 is 17.7 Å². The molecule has 1 aromatic rings. The summed E-state index contributed by atoms with van der Waals surface area (Å²) in [7, 11) is 1.33. The van der Waals surface area contributed by atoms with Crippen LogP contribution in [0, 0.1) is 0 Å². The average molecular weight is 200 g/mol. The van der Waals surface area contributed by atoms with Crippen LogP contribution in [0.25, 0.3) is 0 Å². The summed E-state index contributed by atoms with van der Waals surface area (Å²) < 4.78 is 4.42. The molecule has 0 radical (unpaired) electrons. The summed E-state index contributed by atoms with van der Waals surface area (Å²) in [5.41, 5.74) is 0.981. The van der Waals surface area contributed by atoms with Gasteiger partial charge in [-0.25, -0.2) is 4.79 Å². The lowest BCUT2D eigenvalue weighted by molar-refractivity contribution is 0.170. The summed E-state index contributed by atoms with van der Waals surface area (Å²) >= 11 is 5.69. The van der Waals surface area contributed by atoms with Crippen LogP contribution in [0.5, 0.6) is 0 Å². The van der Waals surface area contributed by atoms with Crippen molar-refractivity contribution < 1.29 is 9.53 Å². The van der Waals surface area contributed by atoms with Gasteiger partial charge >= 0.3 is 6.09 Å². The number of nitrogens with one attached hydrogen (secondary N) is 1. The van der Waals surface area contributed by atoms with E-state index in [1.165, 1.54) is 7.11 Å². The standard InChI is InChI=1S/C9H10ClNO2/c1-13-9(12)11-6-7-2-4-8(10)5-3-7/h2-5H,6H2,1H3,(H,11,12). The van der Waals surface area contributed by atoms with Crippen LogP contribution in [-0.2, 0) is 11.3 Å². The first kappa shape index (κ1) is 9.86. The topological polar surface area (TPSA) is 38.3 Å². The molecule has 0 fully saturated rings. The molecule has 1 rings (SSSR count). The largest absolute Gasteiger partial charge is 0.453 e. The molecule has 4 heteroatoms. The lowest BCUT2D eigenvalue weighted by Gasteiger charge is -2.03. The first-order valence-electron chi connectivity index (χ1n) is 3.78. The molecule has 0 aromatic heterocycles. The fourth-order valence-corrected chi connectivity index (χ4v) is 0.975. The molecule has 1 amide bonds. The first-order valence-corrected chi connectivity index (χ1v) is 4.16. The normalized spacial score (nSPS) is 9.38. The Bertz CT molecular complexity index is 284. The van der Waals surface area contributed by atoms with Crippen molar-refractivity contribution in [1.29, 1.82) is 0 Å². The van der Waals surface area contributed by atoms with Gasteiger partial charge in [0.2, 0.25) is 0 Å². The van der Waals surface area contributed by atoms with Crippen LogP contribution >= 0.6 is 11.6 Å². The summed E-state index contributed by atoms with van der Waals surface area (Å²) in [6.07, 6.45) is -0.435. The van der Waals surface area contributed by atoms with Crippen molar-refractivity contribution in [2.75, 3.05) is 7.11 Å². The Hall–Kier alpha value is -1.22. The summed E-state index contributed by atoms with van der Waals surface area (Å²) in [6, 6.07) is 7.24. The zero-order chi connectivity index (χ0) is 9.68. The molecule has 13 heavy (non-hydrogen) atoms. The Labute approximate surface area is 81.7 Å². The molecule has 0 saturated heterocycles. The van der Waals surface area contributed by atoms with Crippen molar-refractivity contribution in [2.45, 2.75) is 6.54 Å². The molecule has 0 heterocycles. The van der Waals surface area contributed by atoms with Gasteiger partial charge in [0.25, 0.3) is 0 Å². The van der Waals surface area contributed by atoms with Crippen LogP contribution in [0.1, 0.15) is 5.56 Å². The second-order valence-electron chi connectivity index (χ2n) is 2.47. The number of amides is 1. The van der Waals surface area contributed by atoms with E-state index in [9.17, 15) is 4.79 Å². The molecular formula is C9H10ClNO2. The lowest BCUT2D eigenvalue weighted by atomic mass is 10.2. The smallest absolute Gasteiger partial charge is 0.407 e. The number of rotatable bonds is 2. The lowest BCUT2D eigenvalue weighted by Crippen LogP contribution is -2.22. The summed E-state index contributed by atoms with van der Waals surface area (Å²) in [6.45, 7) is 0.448. The molecule has 0 bridgehead atoms. The predicted molar refractivity (Wildman–Crippen MR) is 50.7 cm³/mol. The zero-order valence-corrected chi connectivity index (χ0v) is 7.97. The van der Waals surface area contributed by atoms with Crippen LogP contribution in [0.15, 0.2) is 24.3 Å².